The van der Waals surface area contributed by atoms with Crippen molar-refractivity contribution in [1.29, 1.82) is 0 Å². The van der Waals surface area contributed by atoms with Crippen molar-refractivity contribution < 1.29 is 15.0 Å². The molecule has 0 fully saturated rings. The van der Waals surface area contributed by atoms with E-state index in [1.807, 2.05) is 0 Å². The Morgan fingerprint density at radius 1 is 1.20 bits per heavy atom. The van der Waals surface area contributed by atoms with Crippen LogP contribution in [0.15, 0.2) is 24.3 Å². The summed E-state index contributed by atoms with van der Waals surface area (Å²) in [5, 5.41) is 17.1. The third-order valence-corrected chi connectivity index (χ3v) is 1.11. The maximum Gasteiger partial charge on any atom is 0.335 e. The second-order valence-electron chi connectivity index (χ2n) is 1.85. The van der Waals surface area contributed by atoms with Gasteiger partial charge in [-0.2, -0.15) is 0 Å². The monoisotopic (exact) mass is 137 g/mol. The van der Waals surface area contributed by atoms with Gasteiger partial charge in [0.2, 0.25) is 0 Å². The lowest BCUT2D eigenvalue weighted by Crippen LogP contribution is -1.93. The molecule has 0 unspecified atom stereocenters. The number of carboxylic acid groups (broad SMARTS) is 1. The molecule has 0 radical (unpaired) electrons. The van der Waals surface area contributed by atoms with Gasteiger partial charge in [0.1, 0.15) is 5.75 Å². The van der Waals surface area contributed by atoms with Crippen LogP contribution in [-0.2, 0) is 0 Å². The molecule has 0 spiro atoms. The van der Waals surface area contributed by atoms with Crippen LogP contribution in [0.25, 0.3) is 0 Å². The summed E-state index contributed by atoms with van der Waals surface area (Å²) in [5.74, 6) is -0.912. The van der Waals surface area contributed by atoms with Crippen molar-refractivity contribution in [2.24, 2.45) is 0 Å². The molecule has 0 atom stereocenters. The number of aromatic carboxylic acids is 1. The fourth-order valence-corrected chi connectivity index (χ4v) is 0.604. The first-order chi connectivity index (χ1) is 4.70. The Balaban J connectivity index is 3.00. The molecule has 0 aliphatic heterocycles. The van der Waals surface area contributed by atoms with E-state index < -0.39 is 5.97 Å². The number of carboxylic acids is 1. The highest BCUT2D eigenvalue weighted by molar-refractivity contribution is 5.87. The van der Waals surface area contributed by atoms with E-state index in [4.69, 9.17) is 10.2 Å². The molecule has 0 saturated heterocycles. The van der Waals surface area contributed by atoms with Crippen molar-refractivity contribution in [3.63, 3.8) is 0 Å². The Kier molecular flexibility index (Phi) is 1.58. The normalized spacial score (nSPS) is 9.20. The third-order valence-electron chi connectivity index (χ3n) is 1.11. The number of hydrogen-bond donors (Lipinski definition) is 2. The minimum Gasteiger partial charge on any atom is -0.508 e. The average Bonchev–Trinajstić information content (AvgIpc) is 1.88. The van der Waals surface area contributed by atoms with Gasteiger partial charge in [0.05, 0.1) is 5.56 Å². The average molecular weight is 137 g/mol. The molecule has 3 heteroatoms. The molecule has 0 aliphatic rings. The zero-order valence-electron chi connectivity index (χ0n) is 5.11. The molecule has 10 heavy (non-hydrogen) atoms. The fourth-order valence-electron chi connectivity index (χ4n) is 0.604. The Bertz CT molecular complexity index is 238. The second-order valence-corrected chi connectivity index (χ2v) is 1.85. The van der Waals surface area contributed by atoms with Crippen LogP contribution >= 0.6 is 0 Å². The highest BCUT2D eigenvalue weighted by Gasteiger charge is 1.99. The number of rotatable bonds is 1. The van der Waals surface area contributed by atoms with E-state index >= 15 is 0 Å². The number of carbonyl (C=O) groups is 1. The van der Waals surface area contributed by atoms with E-state index in [1.54, 1.807) is 0 Å². The van der Waals surface area contributed by atoms with E-state index in [2.05, 4.69) is 0 Å². The summed E-state index contributed by atoms with van der Waals surface area (Å²) in [6.07, 6.45) is 0. The predicted octanol–water partition coefficient (Wildman–Crippen LogP) is 1.09. The first-order valence-corrected chi connectivity index (χ1v) is 2.72. The van der Waals surface area contributed by atoms with E-state index in [0.717, 1.165) is 0 Å². The maximum absolute atomic E-state index is 10.2. The zero-order valence-corrected chi connectivity index (χ0v) is 5.11. The minimum atomic E-state index is -0.986. The molecule has 0 aromatic heterocycles. The Morgan fingerprint density at radius 2 is 1.70 bits per heavy atom. The fraction of sp³-hybridized carbons (Fsp3) is 0. The lowest BCUT2D eigenvalue weighted by atomic mass is 9.95. The summed E-state index contributed by atoms with van der Waals surface area (Å²) < 4.78 is 0. The topological polar surface area (TPSA) is 57.5 Å². The standard InChI is InChI=1S/C7H6O3/c8-6-3-1-5(2-4-6)7(9)10/h1-4,8H,(H,9,10)/i7-1. The van der Waals surface area contributed by atoms with Gasteiger partial charge in [0.25, 0.3) is 0 Å². The van der Waals surface area contributed by atoms with Crippen LogP contribution in [0.1, 0.15) is 10.4 Å². The van der Waals surface area contributed by atoms with Gasteiger partial charge in [-0.25, -0.2) is 4.79 Å². The largest absolute Gasteiger partial charge is 0.508 e. The number of hydrogen-bond acceptors (Lipinski definition) is 2. The van der Waals surface area contributed by atoms with Crippen molar-refractivity contribution in [2.75, 3.05) is 0 Å². The molecule has 0 heterocycles. The smallest absolute Gasteiger partial charge is 0.335 e. The quantitative estimate of drug-likeness (QED) is 0.609. The van der Waals surface area contributed by atoms with Crippen LogP contribution in [0, 0.1) is 0 Å². The molecular weight excluding hydrogens is 131 g/mol. The van der Waals surface area contributed by atoms with Crippen molar-refractivity contribution in [3.05, 3.63) is 29.8 Å². The molecule has 3 nitrogen and oxygen atoms in total. The highest BCUT2D eigenvalue weighted by atomic mass is 16.3. The summed E-state index contributed by atoms with van der Waals surface area (Å²) in [6.45, 7) is 0. The van der Waals surface area contributed by atoms with Gasteiger partial charge < -0.3 is 10.2 Å². The lowest BCUT2D eigenvalue weighted by Gasteiger charge is -1.92. The van der Waals surface area contributed by atoms with Crippen molar-refractivity contribution in [3.8, 4) is 5.75 Å². The first-order valence-electron chi connectivity index (χ1n) is 2.72. The molecule has 0 aliphatic carbocycles. The van der Waals surface area contributed by atoms with Crippen molar-refractivity contribution in [2.45, 2.75) is 0 Å². The number of aromatic hydroxyl groups is 1. The highest BCUT2D eigenvalue weighted by Crippen LogP contribution is 2.08. The lowest BCUT2D eigenvalue weighted by molar-refractivity contribution is 0.0697. The van der Waals surface area contributed by atoms with Crippen molar-refractivity contribution >= 4 is 5.97 Å². The number of phenolic OH excluding ortho intramolecular Hbond substituents is 1. The van der Waals surface area contributed by atoms with E-state index in [0.29, 0.717) is 0 Å². The van der Waals surface area contributed by atoms with Crippen LogP contribution in [0.4, 0.5) is 0 Å². The minimum absolute atomic E-state index is 0.0741. The predicted molar refractivity (Wildman–Crippen MR) is 35.1 cm³/mol. The summed E-state index contributed by atoms with van der Waals surface area (Å²) >= 11 is 0. The molecule has 52 valence electrons. The van der Waals surface area contributed by atoms with Crippen LogP contribution in [-0.4, -0.2) is 16.2 Å². The summed E-state index contributed by atoms with van der Waals surface area (Å²) in [4.78, 5) is 10.2. The van der Waals surface area contributed by atoms with Crippen LogP contribution in [0.3, 0.4) is 0 Å². The Labute approximate surface area is 57.5 Å². The summed E-state index contributed by atoms with van der Waals surface area (Å²) in [7, 11) is 0. The van der Waals surface area contributed by atoms with Crippen LogP contribution < -0.4 is 0 Å². The Hall–Kier alpha value is -1.51. The van der Waals surface area contributed by atoms with E-state index in [9.17, 15) is 4.79 Å². The van der Waals surface area contributed by atoms with E-state index in [-0.39, 0.29) is 11.3 Å². The second kappa shape index (κ2) is 2.39. The van der Waals surface area contributed by atoms with Gasteiger partial charge in [-0.15, -0.1) is 0 Å². The summed E-state index contributed by atoms with van der Waals surface area (Å²) in [6, 6.07) is 5.36. The molecule has 1 rings (SSSR count). The molecule has 0 bridgehead atoms. The molecule has 1 aromatic carbocycles. The van der Waals surface area contributed by atoms with Gasteiger partial charge in [-0.1, -0.05) is 0 Å². The number of phenols is 1. The third kappa shape index (κ3) is 1.25. The zero-order chi connectivity index (χ0) is 7.56. The molecule has 0 amide bonds. The van der Waals surface area contributed by atoms with Gasteiger partial charge >= 0.3 is 5.97 Å². The van der Waals surface area contributed by atoms with Crippen LogP contribution in [0.2, 0.25) is 0 Å². The molecule has 2 N–H and O–H groups in total. The molecular formula is C7H6O3. The first kappa shape index (κ1) is 6.61. The molecule has 0 saturated carbocycles. The van der Waals surface area contributed by atoms with E-state index in [1.165, 1.54) is 24.3 Å². The van der Waals surface area contributed by atoms with Crippen molar-refractivity contribution in [1.82, 2.24) is 0 Å². The van der Waals surface area contributed by atoms with Gasteiger partial charge in [0, 0.05) is 0 Å². The SMILES string of the molecule is O=[11C](O)c1ccc(O)cc1. The van der Waals surface area contributed by atoms with Gasteiger partial charge in [0.15, 0.2) is 0 Å². The Morgan fingerprint density at radius 3 is 2.10 bits per heavy atom. The maximum atomic E-state index is 10.2. The van der Waals surface area contributed by atoms with Crippen LogP contribution in [0.5, 0.6) is 5.75 Å². The van der Waals surface area contributed by atoms with Gasteiger partial charge in [-0.3, -0.25) is 0 Å². The summed E-state index contributed by atoms with van der Waals surface area (Å²) in [5.41, 5.74) is 0.179. The number of benzene rings is 1. The molecule has 1 aromatic rings. The van der Waals surface area contributed by atoms with Gasteiger partial charge in [-0.05, 0) is 24.3 Å².